The third kappa shape index (κ3) is 5.81. The Bertz CT molecular complexity index is 1310. The van der Waals surface area contributed by atoms with Crippen molar-refractivity contribution in [3.8, 4) is 0 Å². The fourth-order valence-electron chi connectivity index (χ4n) is 8.51. The Morgan fingerprint density at radius 3 is 2.27 bits per heavy atom. The second-order valence-electron chi connectivity index (χ2n) is 13.1. The molecule has 3 unspecified atom stereocenters. The lowest BCUT2D eigenvalue weighted by atomic mass is 9.73. The van der Waals surface area contributed by atoms with Crippen molar-refractivity contribution in [3.63, 3.8) is 0 Å². The van der Waals surface area contributed by atoms with Crippen LogP contribution < -0.4 is 5.56 Å². The van der Waals surface area contributed by atoms with E-state index in [0.717, 1.165) is 30.2 Å². The third-order valence-corrected chi connectivity index (χ3v) is 9.99. The van der Waals surface area contributed by atoms with Crippen molar-refractivity contribution < 1.29 is 14.4 Å². The molecule has 5 atom stereocenters. The predicted octanol–water partition coefficient (Wildman–Crippen LogP) is 6.01. The maximum atomic E-state index is 14.3. The molecule has 0 amide bonds. The van der Waals surface area contributed by atoms with Gasteiger partial charge in [0.2, 0.25) is 5.71 Å². The van der Waals surface area contributed by atoms with E-state index in [2.05, 4.69) is 15.0 Å². The highest BCUT2D eigenvalue weighted by Gasteiger charge is 2.45. The standard InChI is InChI=1S/C33H46N4O4/c1-4-40-33(39)31(35-41-21(2)3)30-32(38)37(29-15-8-7-14-28(29)34-30)27-19-24-12-9-13-25(20-27)36(24)26-17-22-10-5-6-11-23(16-22)18-26/h7-8,14-15,21-27H,4-6,9-13,16-20H2,1-3H3/t22?,23?,24-,25+,26?,27?. The molecule has 2 saturated heterocycles. The molecule has 1 aromatic heterocycles. The van der Waals surface area contributed by atoms with Crippen LogP contribution in [-0.4, -0.2) is 57.0 Å². The first kappa shape index (κ1) is 28.4. The smallest absolute Gasteiger partial charge is 0.362 e. The number of aromatic nitrogens is 2. The monoisotopic (exact) mass is 562 g/mol. The van der Waals surface area contributed by atoms with E-state index in [-0.39, 0.29) is 35.7 Å². The summed E-state index contributed by atoms with van der Waals surface area (Å²) in [5.74, 6) is 1.09. The molecular formula is C33H46N4O4. The number of carbonyl (C=O) groups excluding carboxylic acids is 1. The van der Waals surface area contributed by atoms with Gasteiger partial charge in [0.05, 0.1) is 17.6 Å². The number of benzene rings is 1. The number of fused-ring (bicyclic) bond motifs is 5. The summed E-state index contributed by atoms with van der Waals surface area (Å²) in [6.07, 6.45) is 15.1. The van der Waals surface area contributed by atoms with Crippen molar-refractivity contribution in [2.75, 3.05) is 6.61 Å². The maximum Gasteiger partial charge on any atom is 0.362 e. The van der Waals surface area contributed by atoms with Crippen LogP contribution >= 0.6 is 0 Å². The van der Waals surface area contributed by atoms with Crippen molar-refractivity contribution in [2.45, 2.75) is 128 Å². The number of hydrogen-bond donors (Lipinski definition) is 0. The van der Waals surface area contributed by atoms with Crippen LogP contribution in [0, 0.1) is 11.8 Å². The van der Waals surface area contributed by atoms with Crippen LogP contribution in [0.1, 0.15) is 110 Å². The highest BCUT2D eigenvalue weighted by Crippen LogP contribution is 2.47. The van der Waals surface area contributed by atoms with Gasteiger partial charge in [-0.05, 0) is 89.7 Å². The summed E-state index contributed by atoms with van der Waals surface area (Å²) in [5, 5.41) is 4.09. The Morgan fingerprint density at radius 2 is 1.61 bits per heavy atom. The molecule has 2 aliphatic carbocycles. The van der Waals surface area contributed by atoms with E-state index >= 15 is 0 Å². The van der Waals surface area contributed by atoms with Gasteiger partial charge in [0.1, 0.15) is 6.10 Å². The molecule has 0 radical (unpaired) electrons. The fourth-order valence-corrected chi connectivity index (χ4v) is 8.51. The number of para-hydroxylation sites is 2. The Hall–Kier alpha value is -2.74. The first-order chi connectivity index (χ1) is 19.9. The number of hydrogen-bond acceptors (Lipinski definition) is 7. The van der Waals surface area contributed by atoms with Gasteiger partial charge in [-0.2, -0.15) is 0 Å². The van der Waals surface area contributed by atoms with E-state index in [0.29, 0.717) is 23.6 Å². The van der Waals surface area contributed by atoms with Crippen molar-refractivity contribution in [2.24, 2.45) is 17.0 Å². The average molecular weight is 563 g/mol. The van der Waals surface area contributed by atoms with Crippen molar-refractivity contribution in [1.29, 1.82) is 0 Å². The Kier molecular flexibility index (Phi) is 8.47. The van der Waals surface area contributed by atoms with Gasteiger partial charge in [-0.3, -0.25) is 9.69 Å². The average Bonchev–Trinajstić information content (AvgIpc) is 3.11. The largest absolute Gasteiger partial charge is 0.461 e. The minimum absolute atomic E-state index is 0.00625. The number of carbonyl (C=O) groups is 1. The van der Waals surface area contributed by atoms with E-state index in [1.54, 1.807) is 6.92 Å². The quantitative estimate of drug-likeness (QED) is 0.234. The fraction of sp³-hybridized carbons (Fsp3) is 0.697. The third-order valence-electron chi connectivity index (χ3n) is 9.99. The van der Waals surface area contributed by atoms with Crippen LogP contribution in [0.4, 0.5) is 0 Å². The van der Waals surface area contributed by atoms with Crippen LogP contribution in [0.15, 0.2) is 34.2 Å². The first-order valence-corrected chi connectivity index (χ1v) is 16.1. The molecule has 2 saturated carbocycles. The molecule has 0 spiro atoms. The van der Waals surface area contributed by atoms with E-state index < -0.39 is 5.97 Å². The minimum Gasteiger partial charge on any atom is -0.461 e. The number of ether oxygens (including phenoxy) is 1. The normalized spacial score (nSPS) is 30.7. The van der Waals surface area contributed by atoms with Crippen molar-refractivity contribution in [3.05, 3.63) is 40.3 Å². The SMILES string of the molecule is CCOC(=O)C(=NOC(C)C)c1nc2ccccc2n(C2C[C@H]3CCC[C@@H](C2)N3C2CC3CCCCC(C3)C2)c1=O. The number of nitrogens with zero attached hydrogens (tertiary/aromatic N) is 4. The summed E-state index contributed by atoms with van der Waals surface area (Å²) < 4.78 is 7.20. The lowest BCUT2D eigenvalue weighted by Crippen LogP contribution is -2.58. The molecule has 6 rings (SSSR count). The second kappa shape index (κ2) is 12.2. The lowest BCUT2D eigenvalue weighted by Gasteiger charge is -2.54. The van der Waals surface area contributed by atoms with E-state index in [9.17, 15) is 9.59 Å². The zero-order valence-corrected chi connectivity index (χ0v) is 25.0. The summed E-state index contributed by atoms with van der Waals surface area (Å²) in [7, 11) is 0. The predicted molar refractivity (Wildman–Crippen MR) is 160 cm³/mol. The molecule has 8 nitrogen and oxygen atoms in total. The maximum absolute atomic E-state index is 14.3. The Balaban J connectivity index is 1.36. The van der Waals surface area contributed by atoms with Gasteiger partial charge < -0.3 is 14.1 Å². The molecular weight excluding hydrogens is 516 g/mol. The summed E-state index contributed by atoms with van der Waals surface area (Å²) in [6.45, 7) is 5.56. The van der Waals surface area contributed by atoms with Crippen LogP contribution in [0.5, 0.6) is 0 Å². The van der Waals surface area contributed by atoms with Gasteiger partial charge in [-0.15, -0.1) is 0 Å². The number of rotatable bonds is 7. The summed E-state index contributed by atoms with van der Waals surface area (Å²) in [5.41, 5.74) is 1.05. The van der Waals surface area contributed by atoms with Gasteiger partial charge in [0.25, 0.3) is 5.56 Å². The van der Waals surface area contributed by atoms with E-state index in [4.69, 9.17) is 9.57 Å². The molecule has 4 aliphatic rings. The van der Waals surface area contributed by atoms with Crippen LogP contribution in [0.3, 0.4) is 0 Å². The summed E-state index contributed by atoms with van der Waals surface area (Å²) in [6, 6.07) is 9.46. The number of esters is 1. The molecule has 8 heteroatoms. The zero-order valence-electron chi connectivity index (χ0n) is 25.0. The molecule has 4 fully saturated rings. The van der Waals surface area contributed by atoms with E-state index in [1.807, 2.05) is 42.7 Å². The van der Waals surface area contributed by atoms with Crippen molar-refractivity contribution in [1.82, 2.24) is 14.5 Å². The molecule has 3 heterocycles. The molecule has 2 aliphatic heterocycles. The first-order valence-electron chi connectivity index (χ1n) is 16.1. The van der Waals surface area contributed by atoms with Gasteiger partial charge in [0.15, 0.2) is 5.69 Å². The minimum atomic E-state index is -0.690. The van der Waals surface area contributed by atoms with Gasteiger partial charge in [-0.25, -0.2) is 9.78 Å². The Morgan fingerprint density at radius 1 is 0.927 bits per heavy atom. The van der Waals surface area contributed by atoms with Crippen LogP contribution in [0.2, 0.25) is 0 Å². The number of piperidine rings is 2. The van der Waals surface area contributed by atoms with Crippen molar-refractivity contribution >= 4 is 22.7 Å². The van der Waals surface area contributed by atoms with Crippen LogP contribution in [-0.2, 0) is 14.4 Å². The van der Waals surface area contributed by atoms with Gasteiger partial charge in [0, 0.05) is 24.2 Å². The van der Waals surface area contributed by atoms with E-state index in [1.165, 1.54) is 64.2 Å². The summed E-state index contributed by atoms with van der Waals surface area (Å²) >= 11 is 0. The zero-order chi connectivity index (χ0) is 28.5. The topological polar surface area (TPSA) is 86.0 Å². The highest BCUT2D eigenvalue weighted by atomic mass is 16.6. The molecule has 0 N–H and O–H groups in total. The molecule has 222 valence electrons. The second-order valence-corrected chi connectivity index (χ2v) is 13.1. The van der Waals surface area contributed by atoms with Gasteiger partial charge >= 0.3 is 5.97 Å². The Labute approximate surface area is 243 Å². The number of oxime groups is 1. The molecule has 1 aromatic carbocycles. The molecule has 2 aromatic rings. The van der Waals surface area contributed by atoms with Gasteiger partial charge in [-0.1, -0.05) is 49.4 Å². The van der Waals surface area contributed by atoms with Crippen LogP contribution in [0.25, 0.3) is 11.0 Å². The molecule has 4 bridgehead atoms. The molecule has 41 heavy (non-hydrogen) atoms. The summed E-state index contributed by atoms with van der Waals surface area (Å²) in [4.78, 5) is 40.3. The lowest BCUT2D eigenvalue weighted by molar-refractivity contribution is -0.135. The highest BCUT2D eigenvalue weighted by molar-refractivity contribution is 6.42.